The lowest BCUT2D eigenvalue weighted by atomic mass is 10.0. The average Bonchev–Trinajstić information content (AvgIpc) is 2.55. The molecule has 0 saturated carbocycles. The third-order valence-corrected chi connectivity index (χ3v) is 3.81. The molecule has 2 rings (SSSR count). The minimum absolute atomic E-state index is 0.137. The molecule has 0 aliphatic heterocycles. The van der Waals surface area contributed by atoms with Crippen LogP contribution in [0.15, 0.2) is 42.5 Å². The highest BCUT2D eigenvalue weighted by Crippen LogP contribution is 2.16. The molecule has 2 amide bonds. The van der Waals surface area contributed by atoms with Crippen LogP contribution in [-0.2, 0) is 4.79 Å². The van der Waals surface area contributed by atoms with Gasteiger partial charge in [-0.25, -0.2) is 8.78 Å². The smallest absolute Gasteiger partial charge is 0.252 e. The number of benzene rings is 2. The average molecular weight is 346 g/mol. The highest BCUT2D eigenvalue weighted by atomic mass is 19.1. The Kier molecular flexibility index (Phi) is 5.85. The highest BCUT2D eigenvalue weighted by Gasteiger charge is 2.26. The number of amides is 2. The van der Waals surface area contributed by atoms with Crippen LogP contribution in [0.4, 0.5) is 14.5 Å². The maximum Gasteiger partial charge on any atom is 0.252 e. The quantitative estimate of drug-likeness (QED) is 0.868. The van der Waals surface area contributed by atoms with Crippen molar-refractivity contribution < 1.29 is 18.4 Å². The van der Waals surface area contributed by atoms with Crippen LogP contribution in [0.1, 0.15) is 29.8 Å². The lowest BCUT2D eigenvalue weighted by Gasteiger charge is -2.22. The number of halogens is 2. The predicted octanol–water partition coefficient (Wildman–Crippen LogP) is 3.67. The van der Waals surface area contributed by atoms with E-state index in [1.165, 1.54) is 0 Å². The van der Waals surface area contributed by atoms with Gasteiger partial charge in [-0.3, -0.25) is 9.59 Å². The first kappa shape index (κ1) is 18.6. The second-order valence-electron chi connectivity index (χ2n) is 6.12. The summed E-state index contributed by atoms with van der Waals surface area (Å²) in [7, 11) is 0. The fourth-order valence-corrected chi connectivity index (χ4v) is 2.38. The van der Waals surface area contributed by atoms with Crippen molar-refractivity contribution in [3.63, 3.8) is 0 Å². The second-order valence-corrected chi connectivity index (χ2v) is 6.12. The van der Waals surface area contributed by atoms with Gasteiger partial charge in [0.1, 0.15) is 17.7 Å². The van der Waals surface area contributed by atoms with Crippen LogP contribution in [0, 0.1) is 24.5 Å². The van der Waals surface area contributed by atoms with Gasteiger partial charge in [-0.2, -0.15) is 0 Å². The van der Waals surface area contributed by atoms with E-state index in [9.17, 15) is 18.4 Å². The number of nitrogens with one attached hydrogen (secondary N) is 2. The molecule has 0 heterocycles. The Balaban J connectivity index is 2.16. The number of hydrogen-bond acceptors (Lipinski definition) is 2. The van der Waals surface area contributed by atoms with Crippen molar-refractivity contribution in [2.24, 2.45) is 5.92 Å². The Morgan fingerprint density at radius 1 is 1.04 bits per heavy atom. The standard InChI is InChI=1S/C19H20F2N2O2/c1-11(2)17(23-18(24)14-7-5-4-6-12(14)3)19(25)22-16-9-8-13(20)10-15(16)21/h4-11,17H,1-3H3,(H,22,25)(H,23,24). The van der Waals surface area contributed by atoms with Crippen LogP contribution in [0.5, 0.6) is 0 Å². The van der Waals surface area contributed by atoms with Crippen molar-refractivity contribution in [3.05, 3.63) is 65.2 Å². The summed E-state index contributed by atoms with van der Waals surface area (Å²) in [6, 6.07) is 9.03. The minimum atomic E-state index is -0.874. The van der Waals surface area contributed by atoms with Crippen LogP contribution >= 0.6 is 0 Å². The Hall–Kier alpha value is -2.76. The van der Waals surface area contributed by atoms with E-state index in [0.29, 0.717) is 11.6 Å². The van der Waals surface area contributed by atoms with Crippen LogP contribution in [0.3, 0.4) is 0 Å². The summed E-state index contributed by atoms with van der Waals surface area (Å²) in [5, 5.41) is 5.07. The van der Waals surface area contributed by atoms with Crippen molar-refractivity contribution in [2.45, 2.75) is 26.8 Å². The van der Waals surface area contributed by atoms with Gasteiger partial charge in [0.2, 0.25) is 5.91 Å². The number of carbonyl (C=O) groups is 2. The summed E-state index contributed by atoms with van der Waals surface area (Å²) in [6.07, 6.45) is 0. The molecular formula is C19H20F2N2O2. The molecule has 0 spiro atoms. The molecule has 2 aromatic carbocycles. The van der Waals surface area contributed by atoms with E-state index >= 15 is 0 Å². The first-order valence-corrected chi connectivity index (χ1v) is 7.92. The van der Waals surface area contributed by atoms with E-state index in [2.05, 4.69) is 10.6 Å². The van der Waals surface area contributed by atoms with Gasteiger partial charge in [-0.05, 0) is 36.6 Å². The summed E-state index contributed by atoms with van der Waals surface area (Å²) in [5.41, 5.74) is 1.11. The molecule has 1 unspecified atom stereocenters. The minimum Gasteiger partial charge on any atom is -0.340 e. The Morgan fingerprint density at radius 3 is 2.32 bits per heavy atom. The van der Waals surface area contributed by atoms with Crippen molar-refractivity contribution in [1.29, 1.82) is 0 Å². The van der Waals surface area contributed by atoms with E-state index < -0.39 is 23.6 Å². The molecule has 1 atom stereocenters. The third kappa shape index (κ3) is 4.62. The molecule has 2 N–H and O–H groups in total. The zero-order chi connectivity index (χ0) is 18.6. The van der Waals surface area contributed by atoms with E-state index in [1.807, 2.05) is 6.07 Å². The van der Waals surface area contributed by atoms with E-state index in [1.54, 1.807) is 39.0 Å². The maximum atomic E-state index is 13.7. The SMILES string of the molecule is Cc1ccccc1C(=O)NC(C(=O)Nc1ccc(F)cc1F)C(C)C. The fraction of sp³-hybridized carbons (Fsp3) is 0.263. The lowest BCUT2D eigenvalue weighted by molar-refractivity contribution is -0.118. The first-order valence-electron chi connectivity index (χ1n) is 7.92. The van der Waals surface area contributed by atoms with Crippen molar-refractivity contribution in [1.82, 2.24) is 5.32 Å². The van der Waals surface area contributed by atoms with Crippen LogP contribution < -0.4 is 10.6 Å². The summed E-state index contributed by atoms with van der Waals surface area (Å²) in [5.74, 6) is -2.78. The van der Waals surface area contributed by atoms with E-state index in [0.717, 1.165) is 17.7 Å². The van der Waals surface area contributed by atoms with Gasteiger partial charge in [-0.1, -0.05) is 32.0 Å². The molecule has 0 aliphatic carbocycles. The molecule has 0 aromatic heterocycles. The maximum absolute atomic E-state index is 13.7. The van der Waals surface area contributed by atoms with E-state index in [4.69, 9.17) is 0 Å². The van der Waals surface area contributed by atoms with Gasteiger partial charge in [0, 0.05) is 11.6 Å². The summed E-state index contributed by atoms with van der Waals surface area (Å²) >= 11 is 0. The molecule has 0 saturated heterocycles. The van der Waals surface area contributed by atoms with Gasteiger partial charge in [0.25, 0.3) is 5.91 Å². The Labute approximate surface area is 145 Å². The highest BCUT2D eigenvalue weighted by molar-refractivity contribution is 6.01. The van der Waals surface area contributed by atoms with Gasteiger partial charge in [0.15, 0.2) is 0 Å². The summed E-state index contributed by atoms with van der Waals surface area (Å²) in [4.78, 5) is 24.9. The Morgan fingerprint density at radius 2 is 1.72 bits per heavy atom. The summed E-state index contributed by atoms with van der Waals surface area (Å²) < 4.78 is 26.7. The molecule has 2 aromatic rings. The Bertz CT molecular complexity index is 791. The largest absolute Gasteiger partial charge is 0.340 e. The van der Waals surface area contributed by atoms with Gasteiger partial charge in [0.05, 0.1) is 5.69 Å². The monoisotopic (exact) mass is 346 g/mol. The second kappa shape index (κ2) is 7.88. The number of carbonyl (C=O) groups excluding carboxylic acids is 2. The molecule has 25 heavy (non-hydrogen) atoms. The summed E-state index contributed by atoms with van der Waals surface area (Å²) in [6.45, 7) is 5.33. The number of anilines is 1. The molecule has 0 bridgehead atoms. The topological polar surface area (TPSA) is 58.2 Å². The fourth-order valence-electron chi connectivity index (χ4n) is 2.38. The van der Waals surface area contributed by atoms with Gasteiger partial charge < -0.3 is 10.6 Å². The van der Waals surface area contributed by atoms with Crippen LogP contribution in [0.25, 0.3) is 0 Å². The molecule has 0 aliphatic rings. The zero-order valence-electron chi connectivity index (χ0n) is 14.3. The molecule has 0 radical (unpaired) electrons. The van der Waals surface area contributed by atoms with Crippen molar-refractivity contribution >= 4 is 17.5 Å². The molecule has 6 heteroatoms. The van der Waals surface area contributed by atoms with Gasteiger partial charge >= 0.3 is 0 Å². The number of aryl methyl sites for hydroxylation is 1. The molecular weight excluding hydrogens is 326 g/mol. The van der Waals surface area contributed by atoms with Crippen LogP contribution in [0.2, 0.25) is 0 Å². The lowest BCUT2D eigenvalue weighted by Crippen LogP contribution is -2.47. The molecule has 0 fully saturated rings. The predicted molar refractivity (Wildman–Crippen MR) is 92.3 cm³/mol. The molecule has 4 nitrogen and oxygen atoms in total. The first-order chi connectivity index (χ1) is 11.8. The third-order valence-electron chi connectivity index (χ3n) is 3.81. The normalized spacial score (nSPS) is 11.9. The van der Waals surface area contributed by atoms with Crippen molar-refractivity contribution in [2.75, 3.05) is 5.32 Å². The van der Waals surface area contributed by atoms with Crippen LogP contribution in [-0.4, -0.2) is 17.9 Å². The van der Waals surface area contributed by atoms with Gasteiger partial charge in [-0.15, -0.1) is 0 Å². The zero-order valence-corrected chi connectivity index (χ0v) is 14.3. The number of rotatable bonds is 5. The van der Waals surface area contributed by atoms with E-state index in [-0.39, 0.29) is 17.5 Å². The molecule has 132 valence electrons. The van der Waals surface area contributed by atoms with Crippen molar-refractivity contribution in [3.8, 4) is 0 Å². The number of hydrogen-bond donors (Lipinski definition) is 2.